The first-order chi connectivity index (χ1) is 7.97. The first-order valence-electron chi connectivity index (χ1n) is 6.00. The molecule has 1 aliphatic heterocycles. The predicted octanol–water partition coefficient (Wildman–Crippen LogP) is 3.16. The maximum absolute atomic E-state index is 11.1. The zero-order valence-corrected chi connectivity index (χ0v) is 10.6. The van der Waals surface area contributed by atoms with Crippen LogP contribution in [0.4, 0.5) is 4.79 Å². The second-order valence-corrected chi connectivity index (χ2v) is 5.49. The van der Waals surface area contributed by atoms with Gasteiger partial charge in [0.2, 0.25) is 0 Å². The van der Waals surface area contributed by atoms with Crippen molar-refractivity contribution in [2.75, 3.05) is 6.61 Å². The molecule has 3 heteroatoms. The van der Waals surface area contributed by atoms with Crippen LogP contribution in [0.25, 0.3) is 0 Å². The fraction of sp³-hybridized carbons (Fsp3) is 0.500. The maximum Gasteiger partial charge on any atom is 0.407 e. The highest BCUT2D eigenvalue weighted by Gasteiger charge is 2.21. The van der Waals surface area contributed by atoms with Crippen LogP contribution in [0.5, 0.6) is 0 Å². The van der Waals surface area contributed by atoms with Crippen molar-refractivity contribution in [3.63, 3.8) is 0 Å². The van der Waals surface area contributed by atoms with Crippen LogP contribution in [-0.2, 0) is 10.2 Å². The minimum Gasteiger partial charge on any atom is -0.449 e. The van der Waals surface area contributed by atoms with Crippen LogP contribution in [0.1, 0.15) is 44.4 Å². The minimum atomic E-state index is -0.318. The van der Waals surface area contributed by atoms with Gasteiger partial charge in [-0.2, -0.15) is 0 Å². The average Bonchev–Trinajstić information content (AvgIpc) is 2.28. The van der Waals surface area contributed by atoms with E-state index in [1.54, 1.807) is 0 Å². The Labute approximate surface area is 102 Å². The van der Waals surface area contributed by atoms with Gasteiger partial charge < -0.3 is 10.1 Å². The summed E-state index contributed by atoms with van der Waals surface area (Å²) in [7, 11) is 0. The molecule has 1 saturated heterocycles. The lowest BCUT2D eigenvalue weighted by Crippen LogP contribution is -2.35. The zero-order valence-electron chi connectivity index (χ0n) is 10.6. The Bertz CT molecular complexity index is 403. The summed E-state index contributed by atoms with van der Waals surface area (Å²) >= 11 is 0. The molecule has 92 valence electrons. The lowest BCUT2D eigenvalue weighted by Gasteiger charge is -2.25. The average molecular weight is 233 g/mol. The van der Waals surface area contributed by atoms with Crippen molar-refractivity contribution >= 4 is 6.09 Å². The predicted molar refractivity (Wildman–Crippen MR) is 67.0 cm³/mol. The van der Waals surface area contributed by atoms with Crippen LogP contribution in [0.3, 0.4) is 0 Å². The van der Waals surface area contributed by atoms with E-state index in [9.17, 15) is 4.79 Å². The number of carbonyl (C=O) groups is 1. The van der Waals surface area contributed by atoms with E-state index in [-0.39, 0.29) is 17.6 Å². The van der Waals surface area contributed by atoms with E-state index in [0.29, 0.717) is 6.61 Å². The van der Waals surface area contributed by atoms with Crippen molar-refractivity contribution in [1.29, 1.82) is 0 Å². The SMILES string of the molecule is CC(C)(C)c1ccc([C@H]2CCOC(=O)N2)cc1. The van der Waals surface area contributed by atoms with E-state index in [1.807, 2.05) is 0 Å². The van der Waals surface area contributed by atoms with E-state index < -0.39 is 0 Å². The van der Waals surface area contributed by atoms with Crippen LogP contribution in [0, 0.1) is 0 Å². The molecule has 0 aliphatic carbocycles. The molecule has 0 bridgehead atoms. The normalized spacial score (nSPS) is 20.6. The van der Waals surface area contributed by atoms with E-state index in [1.165, 1.54) is 5.56 Å². The van der Waals surface area contributed by atoms with Gasteiger partial charge in [0.25, 0.3) is 0 Å². The molecule has 0 aromatic heterocycles. The van der Waals surface area contributed by atoms with Crippen LogP contribution < -0.4 is 5.32 Å². The van der Waals surface area contributed by atoms with Gasteiger partial charge in [0.1, 0.15) is 0 Å². The van der Waals surface area contributed by atoms with Gasteiger partial charge in [-0.15, -0.1) is 0 Å². The van der Waals surface area contributed by atoms with Gasteiger partial charge >= 0.3 is 6.09 Å². The summed E-state index contributed by atoms with van der Waals surface area (Å²) in [5, 5.41) is 2.83. The van der Waals surface area contributed by atoms with Gasteiger partial charge in [-0.1, -0.05) is 45.0 Å². The van der Waals surface area contributed by atoms with E-state index >= 15 is 0 Å². The third-order valence-corrected chi connectivity index (χ3v) is 3.11. The summed E-state index contributed by atoms with van der Waals surface area (Å²) in [5.41, 5.74) is 2.62. The number of ether oxygens (including phenoxy) is 1. The molecule has 0 radical (unpaired) electrons. The molecule has 1 aromatic carbocycles. The number of rotatable bonds is 1. The Kier molecular flexibility index (Phi) is 3.09. The Morgan fingerprint density at radius 1 is 1.24 bits per heavy atom. The standard InChI is InChI=1S/C14H19NO2/c1-14(2,3)11-6-4-10(5-7-11)12-8-9-17-13(16)15-12/h4-7,12H,8-9H2,1-3H3,(H,15,16)/t12-/m1/s1. The molecule has 17 heavy (non-hydrogen) atoms. The monoisotopic (exact) mass is 233 g/mol. The van der Waals surface area contributed by atoms with Crippen molar-refractivity contribution in [1.82, 2.24) is 5.32 Å². The molecule has 1 amide bonds. The number of benzene rings is 1. The fourth-order valence-corrected chi connectivity index (χ4v) is 1.99. The number of hydrogen-bond acceptors (Lipinski definition) is 2. The molecule has 1 heterocycles. The fourth-order valence-electron chi connectivity index (χ4n) is 1.99. The highest BCUT2D eigenvalue weighted by atomic mass is 16.5. The van der Waals surface area contributed by atoms with Crippen molar-refractivity contribution in [2.45, 2.75) is 38.6 Å². The van der Waals surface area contributed by atoms with Gasteiger partial charge in [0, 0.05) is 6.42 Å². The van der Waals surface area contributed by atoms with Crippen LogP contribution in [-0.4, -0.2) is 12.7 Å². The summed E-state index contributed by atoms with van der Waals surface area (Å²) in [5.74, 6) is 0. The van der Waals surface area contributed by atoms with Gasteiger partial charge in [0.15, 0.2) is 0 Å². The first-order valence-corrected chi connectivity index (χ1v) is 6.00. The van der Waals surface area contributed by atoms with Gasteiger partial charge in [-0.05, 0) is 16.5 Å². The number of amides is 1. The molecule has 1 N–H and O–H groups in total. The molecule has 2 rings (SSSR count). The molecule has 1 aliphatic rings. The molecule has 0 saturated carbocycles. The molecule has 0 spiro atoms. The van der Waals surface area contributed by atoms with Crippen molar-refractivity contribution in [3.8, 4) is 0 Å². The zero-order chi connectivity index (χ0) is 12.5. The van der Waals surface area contributed by atoms with Crippen molar-refractivity contribution in [3.05, 3.63) is 35.4 Å². The van der Waals surface area contributed by atoms with E-state index in [4.69, 9.17) is 4.74 Å². The molecule has 1 aromatic rings. The number of hydrogen-bond donors (Lipinski definition) is 1. The summed E-state index contributed by atoms with van der Waals surface area (Å²) in [6.07, 6.45) is 0.516. The Hall–Kier alpha value is -1.51. The third-order valence-electron chi connectivity index (χ3n) is 3.11. The quantitative estimate of drug-likeness (QED) is 0.809. The van der Waals surface area contributed by atoms with Crippen molar-refractivity contribution in [2.24, 2.45) is 0 Å². The maximum atomic E-state index is 11.1. The Morgan fingerprint density at radius 2 is 1.88 bits per heavy atom. The van der Waals surface area contributed by atoms with Crippen LogP contribution >= 0.6 is 0 Å². The first kappa shape index (κ1) is 12.0. The number of carbonyl (C=O) groups excluding carboxylic acids is 1. The van der Waals surface area contributed by atoms with Gasteiger partial charge in [0.05, 0.1) is 12.6 Å². The molecule has 1 fully saturated rings. The summed E-state index contributed by atoms with van der Waals surface area (Å²) in [6, 6.07) is 8.55. The van der Waals surface area contributed by atoms with Crippen LogP contribution in [0.15, 0.2) is 24.3 Å². The molecular formula is C14H19NO2. The van der Waals surface area contributed by atoms with Crippen molar-refractivity contribution < 1.29 is 9.53 Å². The van der Waals surface area contributed by atoms with E-state index in [2.05, 4.69) is 50.4 Å². The smallest absolute Gasteiger partial charge is 0.407 e. The minimum absolute atomic E-state index is 0.0882. The van der Waals surface area contributed by atoms with Gasteiger partial charge in [-0.3, -0.25) is 0 Å². The second-order valence-electron chi connectivity index (χ2n) is 5.49. The number of nitrogens with one attached hydrogen (secondary N) is 1. The summed E-state index contributed by atoms with van der Waals surface area (Å²) in [4.78, 5) is 11.1. The molecular weight excluding hydrogens is 214 g/mol. The number of alkyl carbamates (subject to hydrolysis) is 1. The Morgan fingerprint density at radius 3 is 2.41 bits per heavy atom. The van der Waals surface area contributed by atoms with E-state index in [0.717, 1.165) is 12.0 Å². The largest absolute Gasteiger partial charge is 0.449 e. The van der Waals surface area contributed by atoms with Crippen LogP contribution in [0.2, 0.25) is 0 Å². The highest BCUT2D eigenvalue weighted by molar-refractivity contribution is 5.68. The highest BCUT2D eigenvalue weighted by Crippen LogP contribution is 2.25. The number of cyclic esters (lactones) is 1. The summed E-state index contributed by atoms with van der Waals surface area (Å²) < 4.78 is 4.86. The second kappa shape index (κ2) is 4.40. The lowest BCUT2D eigenvalue weighted by molar-refractivity contribution is 0.115. The third kappa shape index (κ3) is 2.78. The summed E-state index contributed by atoms with van der Waals surface area (Å²) in [6.45, 7) is 7.08. The lowest BCUT2D eigenvalue weighted by atomic mass is 9.86. The molecule has 1 atom stereocenters. The topological polar surface area (TPSA) is 38.3 Å². The van der Waals surface area contributed by atoms with Gasteiger partial charge in [-0.25, -0.2) is 4.79 Å². The molecule has 3 nitrogen and oxygen atoms in total. The molecule has 0 unspecified atom stereocenters. The Balaban J connectivity index is 2.15.